The first-order valence-corrected chi connectivity index (χ1v) is 9.08. The van der Waals surface area contributed by atoms with E-state index in [4.69, 9.17) is 0 Å². The molecule has 0 rings (SSSR count). The zero-order valence-electron chi connectivity index (χ0n) is 10.7. The summed E-state index contributed by atoms with van der Waals surface area (Å²) in [4.78, 5) is 11.7. The van der Waals surface area contributed by atoms with Gasteiger partial charge in [-0.2, -0.15) is 0 Å². The van der Waals surface area contributed by atoms with Gasteiger partial charge in [0.05, 0.1) is 5.75 Å². The molecule has 0 heterocycles. The molecule has 0 aromatic carbocycles. The van der Waals surface area contributed by atoms with E-state index in [1.54, 1.807) is 0 Å². The fraction of sp³-hybridized carbons (Fsp3) is 0.900. The molecule has 0 unspecified atom stereocenters. The van der Waals surface area contributed by atoms with Gasteiger partial charge < -0.3 is 0 Å². The highest BCUT2D eigenvalue weighted by atomic mass is 32.2. The van der Waals surface area contributed by atoms with E-state index in [0.717, 1.165) is 6.26 Å². The molecule has 0 aliphatic rings. The zero-order chi connectivity index (χ0) is 13.9. The molecule has 0 spiro atoms. The van der Waals surface area contributed by atoms with E-state index < -0.39 is 30.2 Å². The van der Waals surface area contributed by atoms with Gasteiger partial charge in [0, 0.05) is 18.4 Å². The minimum Gasteiger partial charge on any atom is -0.298 e. The average molecular weight is 284 g/mol. The van der Waals surface area contributed by atoms with Crippen LogP contribution in [0.15, 0.2) is 0 Å². The first-order valence-electron chi connectivity index (χ1n) is 5.37. The van der Waals surface area contributed by atoms with Gasteiger partial charge in [-0.15, -0.1) is 0 Å². The molecule has 0 aromatic heterocycles. The quantitative estimate of drug-likeness (QED) is 0.683. The van der Waals surface area contributed by atoms with Crippen LogP contribution < -0.4 is 0 Å². The normalized spacial score (nSPS) is 13.6. The van der Waals surface area contributed by atoms with Crippen LogP contribution in [0.3, 0.4) is 0 Å². The number of rotatable bonds is 7. The van der Waals surface area contributed by atoms with Gasteiger partial charge in [-0.25, -0.2) is 16.8 Å². The Bertz CT molecular complexity index is 471. The Morgan fingerprint density at radius 2 is 1.59 bits per heavy atom. The summed E-state index contributed by atoms with van der Waals surface area (Å²) in [7, 11) is -6.57. The molecular weight excluding hydrogens is 264 g/mol. The fourth-order valence-corrected chi connectivity index (χ4v) is 2.49. The Kier molecular flexibility index (Phi) is 5.34. The van der Waals surface area contributed by atoms with Crippen molar-refractivity contribution in [3.63, 3.8) is 0 Å². The van der Waals surface area contributed by atoms with Gasteiger partial charge in [0.25, 0.3) is 0 Å². The third-order valence-electron chi connectivity index (χ3n) is 2.90. The van der Waals surface area contributed by atoms with Crippen molar-refractivity contribution in [2.75, 3.05) is 17.8 Å². The molecule has 0 saturated heterocycles. The van der Waals surface area contributed by atoms with Crippen molar-refractivity contribution in [3.05, 3.63) is 0 Å². The number of Topliss-reactive ketones (excluding diaryl/α,β-unsaturated/α-hetero) is 1. The van der Waals surface area contributed by atoms with Crippen LogP contribution in [0, 0.1) is 0 Å². The molecule has 0 radical (unpaired) electrons. The van der Waals surface area contributed by atoms with Crippen LogP contribution >= 0.6 is 0 Å². The topological polar surface area (TPSA) is 85.3 Å². The van der Waals surface area contributed by atoms with E-state index in [2.05, 4.69) is 0 Å². The highest BCUT2D eigenvalue weighted by Gasteiger charge is 2.37. The highest BCUT2D eigenvalue weighted by Crippen LogP contribution is 2.19. The maximum atomic E-state index is 11.7. The molecule has 0 amide bonds. The van der Waals surface area contributed by atoms with Crippen LogP contribution in [0.5, 0.6) is 0 Å². The van der Waals surface area contributed by atoms with Crippen molar-refractivity contribution >= 4 is 25.5 Å². The van der Waals surface area contributed by atoms with Crippen molar-refractivity contribution in [2.24, 2.45) is 0 Å². The largest absolute Gasteiger partial charge is 0.298 e. The van der Waals surface area contributed by atoms with Crippen molar-refractivity contribution in [1.82, 2.24) is 0 Å². The maximum Gasteiger partial charge on any atom is 0.159 e. The third-order valence-corrected chi connectivity index (χ3v) is 6.77. The molecule has 0 saturated carbocycles. The van der Waals surface area contributed by atoms with Crippen molar-refractivity contribution < 1.29 is 21.6 Å². The number of hydrogen-bond donors (Lipinski definition) is 0. The van der Waals surface area contributed by atoms with E-state index in [0.29, 0.717) is 0 Å². The monoisotopic (exact) mass is 284 g/mol. The van der Waals surface area contributed by atoms with Gasteiger partial charge in [-0.1, -0.05) is 6.92 Å². The summed E-state index contributed by atoms with van der Waals surface area (Å²) in [6.45, 7) is 4.23. The molecule has 0 aromatic rings. The summed E-state index contributed by atoms with van der Waals surface area (Å²) >= 11 is 0. The third kappa shape index (κ3) is 4.75. The summed E-state index contributed by atoms with van der Waals surface area (Å²) in [5.41, 5.74) is 0. The molecule has 0 aliphatic carbocycles. The van der Waals surface area contributed by atoms with E-state index in [-0.39, 0.29) is 24.3 Å². The molecule has 0 fully saturated rings. The van der Waals surface area contributed by atoms with Gasteiger partial charge in [-0.3, -0.25) is 4.79 Å². The molecule has 102 valence electrons. The number of carbonyl (C=O) groups is 1. The lowest BCUT2D eigenvalue weighted by Crippen LogP contribution is -2.40. The minimum absolute atomic E-state index is 0.0285. The number of hydrogen-bond acceptors (Lipinski definition) is 5. The summed E-state index contributed by atoms with van der Waals surface area (Å²) in [5, 5.41) is 0. The summed E-state index contributed by atoms with van der Waals surface area (Å²) < 4.78 is 43.7. The molecule has 0 atom stereocenters. The molecular formula is C10H20O5S2. The van der Waals surface area contributed by atoms with Crippen LogP contribution in [0.2, 0.25) is 0 Å². The van der Waals surface area contributed by atoms with Crippen LogP contribution in [-0.2, 0) is 24.5 Å². The lowest BCUT2D eigenvalue weighted by Gasteiger charge is -2.20. The van der Waals surface area contributed by atoms with Gasteiger partial charge in [-0.05, 0) is 20.3 Å². The summed E-state index contributed by atoms with van der Waals surface area (Å²) in [6, 6.07) is 0. The second-order valence-electron chi connectivity index (χ2n) is 4.55. The Morgan fingerprint density at radius 1 is 1.12 bits per heavy atom. The smallest absolute Gasteiger partial charge is 0.159 e. The predicted octanol–water partition coefficient (Wildman–Crippen LogP) is 0.594. The second-order valence-corrected chi connectivity index (χ2v) is 9.58. The zero-order valence-corrected chi connectivity index (χ0v) is 12.3. The van der Waals surface area contributed by atoms with Crippen LogP contribution in [0.1, 0.15) is 33.6 Å². The standard InChI is InChI=1S/C10H20O5S2/c1-5-17(14,15)8-6-7-9(11)10(2,3)16(4,12)13/h5-8H2,1-4H3. The average Bonchev–Trinajstić information content (AvgIpc) is 2.15. The number of ketones is 1. The van der Waals surface area contributed by atoms with E-state index in [1.807, 2.05) is 0 Å². The number of sulfone groups is 2. The van der Waals surface area contributed by atoms with Crippen molar-refractivity contribution in [3.8, 4) is 0 Å². The minimum atomic E-state index is -3.47. The Hall–Kier alpha value is -0.430. The van der Waals surface area contributed by atoms with Crippen LogP contribution in [0.25, 0.3) is 0 Å². The van der Waals surface area contributed by atoms with Crippen LogP contribution in [0.4, 0.5) is 0 Å². The van der Waals surface area contributed by atoms with Crippen molar-refractivity contribution in [2.45, 2.75) is 38.4 Å². The lowest BCUT2D eigenvalue weighted by atomic mass is 10.0. The molecule has 17 heavy (non-hydrogen) atoms. The molecule has 7 heteroatoms. The number of carbonyl (C=O) groups excluding carboxylic acids is 1. The summed E-state index contributed by atoms with van der Waals surface area (Å²) in [5.74, 6) is -0.475. The van der Waals surface area contributed by atoms with Crippen molar-refractivity contribution in [1.29, 1.82) is 0 Å². The van der Waals surface area contributed by atoms with E-state index >= 15 is 0 Å². The highest BCUT2D eigenvalue weighted by molar-refractivity contribution is 7.92. The lowest BCUT2D eigenvalue weighted by molar-refractivity contribution is -0.120. The fourth-order valence-electron chi connectivity index (χ4n) is 1.10. The first-order chi connectivity index (χ1) is 7.44. The van der Waals surface area contributed by atoms with E-state index in [1.165, 1.54) is 20.8 Å². The van der Waals surface area contributed by atoms with Gasteiger partial charge in [0.15, 0.2) is 15.6 Å². The van der Waals surface area contributed by atoms with Gasteiger partial charge in [0.2, 0.25) is 0 Å². The second kappa shape index (κ2) is 5.48. The predicted molar refractivity (Wildman–Crippen MR) is 67.5 cm³/mol. The van der Waals surface area contributed by atoms with E-state index in [9.17, 15) is 21.6 Å². The van der Waals surface area contributed by atoms with Gasteiger partial charge in [0.1, 0.15) is 14.6 Å². The molecule has 0 N–H and O–H groups in total. The van der Waals surface area contributed by atoms with Crippen LogP contribution in [-0.4, -0.2) is 45.1 Å². The molecule has 0 bridgehead atoms. The van der Waals surface area contributed by atoms with Gasteiger partial charge >= 0.3 is 0 Å². The molecule has 0 aliphatic heterocycles. The maximum absolute atomic E-state index is 11.7. The SMILES string of the molecule is CCS(=O)(=O)CCCC(=O)C(C)(C)S(C)(=O)=O. The Balaban J connectivity index is 4.51. The molecule has 5 nitrogen and oxygen atoms in total. The Morgan fingerprint density at radius 3 is 1.94 bits per heavy atom. The first kappa shape index (κ1) is 16.6. The Labute approximate surface area is 103 Å². The summed E-state index contributed by atoms with van der Waals surface area (Å²) in [6.07, 6.45) is 1.15.